The van der Waals surface area contributed by atoms with Gasteiger partial charge in [0.25, 0.3) is 0 Å². The first-order chi connectivity index (χ1) is 7.72. The predicted octanol–water partition coefficient (Wildman–Crippen LogP) is 2.94. The van der Waals surface area contributed by atoms with Crippen molar-refractivity contribution in [3.8, 4) is 5.69 Å². The van der Waals surface area contributed by atoms with E-state index >= 15 is 0 Å². The lowest BCUT2D eigenvalue weighted by Crippen LogP contribution is -2.08. The number of halogens is 1. The van der Waals surface area contributed by atoms with Crippen molar-refractivity contribution < 1.29 is 0 Å². The van der Waals surface area contributed by atoms with Crippen molar-refractivity contribution in [1.29, 1.82) is 0 Å². The van der Waals surface area contributed by atoms with Gasteiger partial charge in [-0.1, -0.05) is 11.6 Å². The standard InChI is InChI=1S/C13H15ClN2/c1-10-9-11(14)4-5-13(10)16-8-2-3-12(16)6-7-15/h2-5,8-9H,6-7,15H2,1H3. The number of hydrogen-bond acceptors (Lipinski definition) is 1. The molecule has 0 aliphatic rings. The smallest absolute Gasteiger partial charge is 0.0482 e. The molecule has 2 aromatic rings. The van der Waals surface area contributed by atoms with E-state index in [4.69, 9.17) is 17.3 Å². The molecule has 3 heteroatoms. The highest BCUT2D eigenvalue weighted by Gasteiger charge is 2.05. The van der Waals surface area contributed by atoms with Crippen LogP contribution in [0.25, 0.3) is 5.69 Å². The van der Waals surface area contributed by atoms with E-state index in [1.165, 1.54) is 11.3 Å². The molecule has 1 heterocycles. The Labute approximate surface area is 101 Å². The number of nitrogens with zero attached hydrogens (tertiary/aromatic N) is 1. The number of rotatable bonds is 3. The van der Waals surface area contributed by atoms with Crippen LogP contribution in [0.3, 0.4) is 0 Å². The summed E-state index contributed by atoms with van der Waals surface area (Å²) in [6, 6.07) is 10.1. The Morgan fingerprint density at radius 3 is 2.81 bits per heavy atom. The van der Waals surface area contributed by atoms with Crippen LogP contribution >= 0.6 is 11.6 Å². The lowest BCUT2D eigenvalue weighted by Gasteiger charge is -2.11. The summed E-state index contributed by atoms with van der Waals surface area (Å²) in [4.78, 5) is 0. The summed E-state index contributed by atoms with van der Waals surface area (Å²) in [5, 5.41) is 0.772. The van der Waals surface area contributed by atoms with Crippen LogP contribution in [-0.2, 0) is 6.42 Å². The average Bonchev–Trinajstić information content (AvgIpc) is 2.67. The third-order valence-corrected chi connectivity index (χ3v) is 2.89. The summed E-state index contributed by atoms with van der Waals surface area (Å²) < 4.78 is 2.17. The van der Waals surface area contributed by atoms with Crippen LogP contribution in [0.2, 0.25) is 5.02 Å². The molecule has 0 atom stereocenters. The Bertz CT molecular complexity index is 488. The minimum absolute atomic E-state index is 0.663. The minimum Gasteiger partial charge on any atom is -0.330 e. The highest BCUT2D eigenvalue weighted by Crippen LogP contribution is 2.21. The summed E-state index contributed by atoms with van der Waals surface area (Å²) in [5.74, 6) is 0. The van der Waals surface area contributed by atoms with E-state index in [-0.39, 0.29) is 0 Å². The Balaban J connectivity index is 2.46. The predicted molar refractivity (Wildman–Crippen MR) is 68.3 cm³/mol. The third kappa shape index (κ3) is 2.13. The Hall–Kier alpha value is -1.25. The summed E-state index contributed by atoms with van der Waals surface area (Å²) in [5.41, 5.74) is 9.16. The molecule has 1 aromatic heterocycles. The Kier molecular flexibility index (Phi) is 3.32. The van der Waals surface area contributed by atoms with Gasteiger partial charge >= 0.3 is 0 Å². The van der Waals surface area contributed by atoms with Gasteiger partial charge in [-0.15, -0.1) is 0 Å². The maximum Gasteiger partial charge on any atom is 0.0482 e. The van der Waals surface area contributed by atoms with Gasteiger partial charge in [0.1, 0.15) is 0 Å². The Morgan fingerprint density at radius 1 is 1.31 bits per heavy atom. The molecule has 0 saturated carbocycles. The minimum atomic E-state index is 0.663. The SMILES string of the molecule is Cc1cc(Cl)ccc1-n1cccc1CCN. The number of nitrogens with two attached hydrogens (primary N) is 1. The van der Waals surface area contributed by atoms with Gasteiger partial charge in [-0.05, 0) is 49.4 Å². The molecular formula is C13H15ClN2. The second kappa shape index (κ2) is 4.73. The fourth-order valence-electron chi connectivity index (χ4n) is 1.89. The van der Waals surface area contributed by atoms with Crippen molar-refractivity contribution in [2.24, 2.45) is 5.73 Å². The van der Waals surface area contributed by atoms with Crippen LogP contribution in [0, 0.1) is 6.92 Å². The lowest BCUT2D eigenvalue weighted by molar-refractivity contribution is 0.871. The highest BCUT2D eigenvalue weighted by molar-refractivity contribution is 6.30. The number of aromatic nitrogens is 1. The third-order valence-electron chi connectivity index (χ3n) is 2.65. The molecule has 0 aliphatic heterocycles. The van der Waals surface area contributed by atoms with Gasteiger partial charge in [-0.3, -0.25) is 0 Å². The van der Waals surface area contributed by atoms with Crippen LogP contribution < -0.4 is 5.73 Å². The molecule has 0 fully saturated rings. The molecule has 0 bridgehead atoms. The first-order valence-electron chi connectivity index (χ1n) is 5.35. The van der Waals surface area contributed by atoms with E-state index in [2.05, 4.69) is 23.8 Å². The van der Waals surface area contributed by atoms with Gasteiger partial charge in [0, 0.05) is 29.0 Å². The van der Waals surface area contributed by atoms with Crippen LogP contribution in [0.4, 0.5) is 0 Å². The van der Waals surface area contributed by atoms with Crippen LogP contribution in [-0.4, -0.2) is 11.1 Å². The van der Waals surface area contributed by atoms with Crippen molar-refractivity contribution in [2.45, 2.75) is 13.3 Å². The number of aryl methyl sites for hydroxylation is 1. The highest BCUT2D eigenvalue weighted by atomic mass is 35.5. The zero-order valence-electron chi connectivity index (χ0n) is 9.28. The summed E-state index contributed by atoms with van der Waals surface area (Å²) in [6.07, 6.45) is 2.94. The zero-order valence-corrected chi connectivity index (χ0v) is 10.0. The molecule has 0 unspecified atom stereocenters. The van der Waals surface area contributed by atoms with Gasteiger partial charge in [-0.25, -0.2) is 0 Å². The number of benzene rings is 1. The molecule has 16 heavy (non-hydrogen) atoms. The van der Waals surface area contributed by atoms with Gasteiger partial charge in [0.15, 0.2) is 0 Å². The lowest BCUT2D eigenvalue weighted by atomic mass is 10.2. The van der Waals surface area contributed by atoms with E-state index in [9.17, 15) is 0 Å². The summed E-state index contributed by atoms with van der Waals surface area (Å²) in [7, 11) is 0. The average molecular weight is 235 g/mol. The Morgan fingerprint density at radius 2 is 2.12 bits per heavy atom. The molecule has 2 rings (SSSR count). The topological polar surface area (TPSA) is 30.9 Å². The molecule has 2 N–H and O–H groups in total. The summed E-state index contributed by atoms with van der Waals surface area (Å²) >= 11 is 5.95. The van der Waals surface area contributed by atoms with Gasteiger partial charge < -0.3 is 10.3 Å². The molecule has 0 amide bonds. The zero-order chi connectivity index (χ0) is 11.5. The fraction of sp³-hybridized carbons (Fsp3) is 0.231. The normalized spacial score (nSPS) is 10.7. The first-order valence-corrected chi connectivity index (χ1v) is 5.73. The van der Waals surface area contributed by atoms with Crippen LogP contribution in [0.5, 0.6) is 0 Å². The molecule has 0 radical (unpaired) electrons. The molecule has 1 aromatic carbocycles. The van der Waals surface area contributed by atoms with E-state index in [0.29, 0.717) is 6.54 Å². The van der Waals surface area contributed by atoms with Gasteiger partial charge in [0.2, 0.25) is 0 Å². The van der Waals surface area contributed by atoms with Crippen LogP contribution in [0.1, 0.15) is 11.3 Å². The van der Waals surface area contributed by atoms with Crippen molar-refractivity contribution in [1.82, 2.24) is 4.57 Å². The molecule has 84 valence electrons. The van der Waals surface area contributed by atoms with Crippen molar-refractivity contribution >= 4 is 11.6 Å². The fourth-order valence-corrected chi connectivity index (χ4v) is 2.12. The molecule has 2 nitrogen and oxygen atoms in total. The van der Waals surface area contributed by atoms with Gasteiger partial charge in [0.05, 0.1) is 0 Å². The van der Waals surface area contributed by atoms with E-state index in [1.54, 1.807) is 0 Å². The quantitative estimate of drug-likeness (QED) is 0.870. The van der Waals surface area contributed by atoms with Crippen molar-refractivity contribution in [3.05, 3.63) is 52.8 Å². The van der Waals surface area contributed by atoms with Crippen LogP contribution in [0.15, 0.2) is 36.5 Å². The second-order valence-corrected chi connectivity index (χ2v) is 4.28. The monoisotopic (exact) mass is 234 g/mol. The maximum absolute atomic E-state index is 5.95. The van der Waals surface area contributed by atoms with E-state index in [0.717, 1.165) is 17.1 Å². The van der Waals surface area contributed by atoms with Crippen molar-refractivity contribution in [2.75, 3.05) is 6.54 Å². The molecule has 0 saturated heterocycles. The maximum atomic E-state index is 5.95. The second-order valence-electron chi connectivity index (χ2n) is 3.84. The molecule has 0 aliphatic carbocycles. The largest absolute Gasteiger partial charge is 0.330 e. The van der Waals surface area contributed by atoms with E-state index < -0.39 is 0 Å². The van der Waals surface area contributed by atoms with Crippen molar-refractivity contribution in [3.63, 3.8) is 0 Å². The van der Waals surface area contributed by atoms with E-state index in [1.807, 2.05) is 24.3 Å². The molecular weight excluding hydrogens is 220 g/mol. The van der Waals surface area contributed by atoms with Gasteiger partial charge in [-0.2, -0.15) is 0 Å². The number of hydrogen-bond donors (Lipinski definition) is 1. The first kappa shape index (κ1) is 11.2. The summed E-state index contributed by atoms with van der Waals surface area (Å²) in [6.45, 7) is 2.73. The molecule has 0 spiro atoms.